The van der Waals surface area contributed by atoms with E-state index in [9.17, 15) is 28.7 Å². The minimum absolute atomic E-state index is 0.0654. The number of non-ortho nitro benzene ring substituents is 1. The first-order chi connectivity index (χ1) is 11.7. The van der Waals surface area contributed by atoms with Crippen molar-refractivity contribution in [3.63, 3.8) is 0 Å². The minimum Gasteiger partial charge on any atom is -0.395 e. The van der Waals surface area contributed by atoms with E-state index in [1.54, 1.807) is 14.0 Å². The maximum Gasteiger partial charge on any atom is 0.269 e. The van der Waals surface area contributed by atoms with E-state index in [-0.39, 0.29) is 16.1 Å². The van der Waals surface area contributed by atoms with Crippen molar-refractivity contribution >= 4 is 15.7 Å². The summed E-state index contributed by atoms with van der Waals surface area (Å²) in [5.74, 6) is 0. The lowest BCUT2D eigenvalue weighted by Gasteiger charge is -2.22. The van der Waals surface area contributed by atoms with Crippen molar-refractivity contribution in [3.8, 4) is 0 Å². The summed E-state index contributed by atoms with van der Waals surface area (Å²) in [6, 6.07) is 3.75. The van der Waals surface area contributed by atoms with Gasteiger partial charge in [-0.1, -0.05) is 0 Å². The second-order valence-corrected chi connectivity index (χ2v) is 7.10. The topological polar surface area (TPSA) is 148 Å². The van der Waals surface area contributed by atoms with Crippen LogP contribution in [0.3, 0.4) is 0 Å². The maximum absolute atomic E-state index is 12.4. The van der Waals surface area contributed by atoms with Crippen molar-refractivity contribution in [2.24, 2.45) is 7.05 Å². The summed E-state index contributed by atoms with van der Waals surface area (Å²) in [6.07, 6.45) is -0.220. The molecule has 0 saturated heterocycles. The molecule has 0 aliphatic carbocycles. The van der Waals surface area contributed by atoms with Gasteiger partial charge >= 0.3 is 0 Å². The van der Waals surface area contributed by atoms with Gasteiger partial charge in [-0.2, -0.15) is 5.10 Å². The van der Waals surface area contributed by atoms with Gasteiger partial charge in [0.1, 0.15) is 4.90 Å². The number of nitrogens with one attached hydrogen (secondary N) is 1. The van der Waals surface area contributed by atoms with Crippen LogP contribution in [0.4, 0.5) is 5.69 Å². The first-order valence-corrected chi connectivity index (χ1v) is 8.70. The highest BCUT2D eigenvalue weighted by Gasteiger charge is 2.29. The fraction of sp³-hybridized carbons (Fsp3) is 0.357. The SMILES string of the molecule is Cc1c(S(=O)(=O)NC(CO)C(O)c2ccc([N+](=O)[O-])cc2)cnn1C. The van der Waals surface area contributed by atoms with Gasteiger partial charge in [0.05, 0.1) is 35.6 Å². The van der Waals surface area contributed by atoms with Crippen LogP contribution in [0.2, 0.25) is 0 Å². The molecule has 0 aliphatic rings. The first kappa shape index (κ1) is 19.0. The van der Waals surface area contributed by atoms with E-state index in [0.717, 1.165) is 0 Å². The summed E-state index contributed by atoms with van der Waals surface area (Å²) < 4.78 is 28.5. The van der Waals surface area contributed by atoms with Crippen molar-refractivity contribution in [2.45, 2.75) is 24.0 Å². The zero-order valence-electron chi connectivity index (χ0n) is 13.5. The van der Waals surface area contributed by atoms with Gasteiger partial charge in [-0.25, -0.2) is 13.1 Å². The lowest BCUT2D eigenvalue weighted by Crippen LogP contribution is -2.42. The molecule has 2 unspecified atom stereocenters. The van der Waals surface area contributed by atoms with E-state index in [2.05, 4.69) is 9.82 Å². The highest BCUT2D eigenvalue weighted by Crippen LogP contribution is 2.22. The van der Waals surface area contributed by atoms with E-state index in [1.807, 2.05) is 0 Å². The molecule has 2 rings (SSSR count). The fourth-order valence-corrected chi connectivity index (χ4v) is 3.67. The molecule has 0 aliphatic heterocycles. The Morgan fingerprint density at radius 1 is 1.36 bits per heavy atom. The molecular weight excluding hydrogens is 352 g/mol. The van der Waals surface area contributed by atoms with Crippen molar-refractivity contribution in [2.75, 3.05) is 6.61 Å². The Kier molecular flexibility index (Phi) is 5.52. The van der Waals surface area contributed by atoms with Gasteiger partial charge in [0, 0.05) is 19.2 Å². The Bertz CT molecular complexity index is 862. The Morgan fingerprint density at radius 3 is 2.40 bits per heavy atom. The number of nitrogens with zero attached hydrogens (tertiary/aromatic N) is 3. The molecule has 25 heavy (non-hydrogen) atoms. The number of aliphatic hydroxyl groups is 2. The first-order valence-electron chi connectivity index (χ1n) is 7.21. The molecule has 2 aromatic rings. The zero-order chi connectivity index (χ0) is 18.8. The highest BCUT2D eigenvalue weighted by atomic mass is 32.2. The normalized spacial score (nSPS) is 14.2. The van der Waals surface area contributed by atoms with Crippen LogP contribution in [0, 0.1) is 17.0 Å². The van der Waals surface area contributed by atoms with Gasteiger partial charge in [0.2, 0.25) is 10.0 Å². The molecule has 3 N–H and O–H groups in total. The predicted octanol–water partition coefficient (Wildman–Crippen LogP) is 0.00952. The molecule has 11 heteroatoms. The average Bonchev–Trinajstić information content (AvgIpc) is 2.92. The third kappa shape index (κ3) is 4.02. The number of nitro groups is 1. The van der Waals surface area contributed by atoms with Crippen molar-refractivity contribution < 1.29 is 23.6 Å². The highest BCUT2D eigenvalue weighted by molar-refractivity contribution is 7.89. The number of aliphatic hydroxyl groups excluding tert-OH is 2. The quantitative estimate of drug-likeness (QED) is 0.459. The number of rotatable bonds is 7. The third-order valence-corrected chi connectivity index (χ3v) is 5.40. The Labute approximate surface area is 143 Å². The molecule has 1 heterocycles. The van der Waals surface area contributed by atoms with Crippen molar-refractivity contribution in [1.82, 2.24) is 14.5 Å². The molecule has 1 aromatic carbocycles. The summed E-state index contributed by atoms with van der Waals surface area (Å²) in [7, 11) is -2.43. The summed E-state index contributed by atoms with van der Waals surface area (Å²) in [6.45, 7) is 0.902. The summed E-state index contributed by atoms with van der Waals surface area (Å²) >= 11 is 0. The second kappa shape index (κ2) is 7.27. The molecule has 0 saturated carbocycles. The molecule has 0 amide bonds. The number of aromatic nitrogens is 2. The monoisotopic (exact) mass is 370 g/mol. The van der Waals surface area contributed by atoms with E-state index in [4.69, 9.17) is 0 Å². The van der Waals surface area contributed by atoms with Crippen LogP contribution in [0.1, 0.15) is 17.4 Å². The molecule has 2 atom stereocenters. The lowest BCUT2D eigenvalue weighted by atomic mass is 10.0. The van der Waals surface area contributed by atoms with E-state index < -0.39 is 33.7 Å². The number of aryl methyl sites for hydroxylation is 1. The fourth-order valence-electron chi connectivity index (χ4n) is 2.23. The zero-order valence-corrected chi connectivity index (χ0v) is 14.3. The third-order valence-electron chi connectivity index (χ3n) is 3.81. The molecule has 0 radical (unpaired) electrons. The van der Waals surface area contributed by atoms with Gasteiger partial charge in [0.15, 0.2) is 0 Å². The molecular formula is C14H18N4O6S. The number of sulfonamides is 1. The number of nitro benzene ring substituents is 1. The molecule has 0 spiro atoms. The summed E-state index contributed by atoms with van der Waals surface area (Å²) in [5, 5.41) is 34.3. The van der Waals surface area contributed by atoms with Crippen LogP contribution >= 0.6 is 0 Å². The van der Waals surface area contributed by atoms with Crippen LogP contribution in [-0.4, -0.2) is 46.0 Å². The van der Waals surface area contributed by atoms with Gasteiger partial charge in [-0.05, 0) is 24.6 Å². The lowest BCUT2D eigenvalue weighted by molar-refractivity contribution is -0.384. The van der Waals surface area contributed by atoms with Crippen LogP contribution < -0.4 is 4.72 Å². The van der Waals surface area contributed by atoms with Crippen LogP contribution in [-0.2, 0) is 17.1 Å². The Hall–Kier alpha value is -2.34. The summed E-state index contributed by atoms with van der Waals surface area (Å²) in [5.41, 5.74) is 0.465. The van der Waals surface area contributed by atoms with Gasteiger partial charge in [0.25, 0.3) is 5.69 Å². The second-order valence-electron chi connectivity index (χ2n) is 5.42. The van der Waals surface area contributed by atoms with E-state index in [1.165, 1.54) is 35.1 Å². The number of hydrogen-bond acceptors (Lipinski definition) is 7. The number of benzene rings is 1. The maximum atomic E-state index is 12.4. The largest absolute Gasteiger partial charge is 0.395 e. The smallest absolute Gasteiger partial charge is 0.269 e. The van der Waals surface area contributed by atoms with Crippen LogP contribution in [0.5, 0.6) is 0 Å². The van der Waals surface area contributed by atoms with Gasteiger partial charge in [-0.15, -0.1) is 0 Å². The predicted molar refractivity (Wildman–Crippen MR) is 87.2 cm³/mol. The van der Waals surface area contributed by atoms with E-state index >= 15 is 0 Å². The molecule has 10 nitrogen and oxygen atoms in total. The average molecular weight is 370 g/mol. The molecule has 0 fully saturated rings. The van der Waals surface area contributed by atoms with Crippen LogP contribution in [0.15, 0.2) is 35.4 Å². The molecule has 1 aromatic heterocycles. The van der Waals surface area contributed by atoms with E-state index in [0.29, 0.717) is 5.69 Å². The van der Waals surface area contributed by atoms with Crippen molar-refractivity contribution in [1.29, 1.82) is 0 Å². The van der Waals surface area contributed by atoms with Crippen molar-refractivity contribution in [3.05, 3.63) is 51.8 Å². The standard InChI is InChI=1S/C14H18N4O6S/c1-9-13(7-15-17(9)2)25(23,24)16-12(8-19)14(20)10-3-5-11(6-4-10)18(21)22/h3-7,12,14,16,19-20H,8H2,1-2H3. The number of hydrogen-bond donors (Lipinski definition) is 3. The Balaban J connectivity index is 2.23. The minimum atomic E-state index is -4.02. The van der Waals surface area contributed by atoms with Gasteiger partial charge in [-0.3, -0.25) is 14.8 Å². The Morgan fingerprint density at radius 2 is 1.96 bits per heavy atom. The van der Waals surface area contributed by atoms with Gasteiger partial charge < -0.3 is 10.2 Å². The molecule has 0 bridgehead atoms. The molecule has 136 valence electrons. The van der Waals surface area contributed by atoms with Crippen LogP contribution in [0.25, 0.3) is 0 Å². The summed E-state index contributed by atoms with van der Waals surface area (Å²) in [4.78, 5) is 10.00.